The first-order valence-corrected chi connectivity index (χ1v) is 9.91. The van der Waals surface area contributed by atoms with Crippen LogP contribution in [0.2, 0.25) is 0 Å². The smallest absolute Gasteiger partial charge is 0.258 e. The van der Waals surface area contributed by atoms with E-state index in [2.05, 4.69) is 10.0 Å². The topological polar surface area (TPSA) is 84.5 Å². The Labute approximate surface area is 154 Å². The zero-order chi connectivity index (χ0) is 19.0. The van der Waals surface area contributed by atoms with Crippen LogP contribution in [-0.2, 0) is 21.2 Å². The molecule has 0 atom stereocenters. The number of hydrogen-bond donors (Lipinski definition) is 2. The van der Waals surface area contributed by atoms with E-state index in [9.17, 15) is 13.2 Å². The van der Waals surface area contributed by atoms with E-state index in [0.29, 0.717) is 18.7 Å². The molecular weight excluding hydrogens is 352 g/mol. The molecule has 0 radical (unpaired) electrons. The maximum absolute atomic E-state index is 12.3. The lowest BCUT2D eigenvalue weighted by atomic mass is 10.2. The normalized spacial score (nSPS) is 11.3. The van der Waals surface area contributed by atoms with Crippen LogP contribution in [0.4, 0.5) is 0 Å². The fourth-order valence-electron chi connectivity index (χ4n) is 2.29. The van der Waals surface area contributed by atoms with Gasteiger partial charge in [0.05, 0.1) is 4.90 Å². The number of ether oxygens (including phenoxy) is 1. The molecule has 2 aromatic rings. The highest BCUT2D eigenvalue weighted by molar-refractivity contribution is 7.89. The number of carbonyl (C=O) groups is 1. The van der Waals surface area contributed by atoms with Crippen molar-refractivity contribution >= 4 is 15.9 Å². The molecule has 7 heteroatoms. The van der Waals surface area contributed by atoms with E-state index in [1.807, 2.05) is 44.2 Å². The molecule has 0 saturated carbocycles. The summed E-state index contributed by atoms with van der Waals surface area (Å²) in [7, 11) is -3.58. The van der Waals surface area contributed by atoms with E-state index in [4.69, 9.17) is 4.74 Å². The molecule has 6 nitrogen and oxygen atoms in total. The summed E-state index contributed by atoms with van der Waals surface area (Å²) in [5, 5.41) is 2.72. The number of carbonyl (C=O) groups excluding carboxylic acids is 1. The molecule has 140 valence electrons. The first-order chi connectivity index (χ1) is 12.4. The lowest BCUT2D eigenvalue weighted by Crippen LogP contribution is -2.34. The second-order valence-electron chi connectivity index (χ2n) is 6.12. The van der Waals surface area contributed by atoms with Crippen molar-refractivity contribution in [1.29, 1.82) is 0 Å². The number of hydrogen-bond acceptors (Lipinski definition) is 4. The summed E-state index contributed by atoms with van der Waals surface area (Å²) in [6.07, 6.45) is 0.617. The average Bonchev–Trinajstić information content (AvgIpc) is 2.60. The lowest BCUT2D eigenvalue weighted by molar-refractivity contribution is -0.123. The van der Waals surface area contributed by atoms with Crippen molar-refractivity contribution in [1.82, 2.24) is 10.0 Å². The Balaban J connectivity index is 1.86. The number of benzene rings is 2. The monoisotopic (exact) mass is 376 g/mol. The van der Waals surface area contributed by atoms with Crippen LogP contribution >= 0.6 is 0 Å². The molecule has 0 heterocycles. The van der Waals surface area contributed by atoms with Crippen LogP contribution in [0.25, 0.3) is 0 Å². The van der Waals surface area contributed by atoms with E-state index in [0.717, 1.165) is 5.56 Å². The highest BCUT2D eigenvalue weighted by Crippen LogP contribution is 2.16. The molecule has 0 spiro atoms. The van der Waals surface area contributed by atoms with Gasteiger partial charge in [0.25, 0.3) is 5.91 Å². The molecule has 2 aromatic carbocycles. The fourth-order valence-corrected chi connectivity index (χ4v) is 3.32. The van der Waals surface area contributed by atoms with Crippen molar-refractivity contribution in [3.8, 4) is 5.75 Å². The van der Waals surface area contributed by atoms with Crippen molar-refractivity contribution < 1.29 is 17.9 Å². The van der Waals surface area contributed by atoms with Crippen molar-refractivity contribution in [3.05, 3.63) is 60.2 Å². The Morgan fingerprint density at radius 2 is 1.69 bits per heavy atom. The minimum absolute atomic E-state index is 0.0422. The van der Waals surface area contributed by atoms with E-state index < -0.39 is 10.0 Å². The predicted octanol–water partition coefficient (Wildman–Crippen LogP) is 2.11. The van der Waals surface area contributed by atoms with E-state index in [-0.39, 0.29) is 23.5 Å². The second kappa shape index (κ2) is 9.35. The molecule has 0 aliphatic carbocycles. The van der Waals surface area contributed by atoms with Gasteiger partial charge < -0.3 is 10.1 Å². The molecule has 0 aromatic heterocycles. The zero-order valence-electron chi connectivity index (χ0n) is 14.9. The number of rotatable bonds is 9. The lowest BCUT2D eigenvalue weighted by Gasteiger charge is -2.10. The van der Waals surface area contributed by atoms with Crippen LogP contribution < -0.4 is 14.8 Å². The molecule has 0 saturated heterocycles. The molecule has 26 heavy (non-hydrogen) atoms. The van der Waals surface area contributed by atoms with Crippen LogP contribution in [-0.4, -0.2) is 33.5 Å². The third kappa shape index (κ3) is 6.50. The molecule has 0 aliphatic rings. The van der Waals surface area contributed by atoms with Gasteiger partial charge in [-0.15, -0.1) is 0 Å². The minimum Gasteiger partial charge on any atom is -0.484 e. The predicted molar refractivity (Wildman–Crippen MR) is 101 cm³/mol. The average molecular weight is 376 g/mol. The Kier molecular flexibility index (Phi) is 7.17. The standard InChI is InChI=1S/C19H24N2O4S/c1-15(2)21-19(22)14-25-17-8-10-18(11-9-17)26(23,24)20-13-12-16-6-4-3-5-7-16/h3-11,15,20H,12-14H2,1-2H3,(H,21,22). The van der Waals surface area contributed by atoms with Gasteiger partial charge >= 0.3 is 0 Å². The quantitative estimate of drug-likeness (QED) is 0.702. The maximum atomic E-state index is 12.3. The van der Waals surface area contributed by atoms with Gasteiger partial charge in [-0.05, 0) is 50.1 Å². The Morgan fingerprint density at radius 1 is 1.04 bits per heavy atom. The Hall–Kier alpha value is -2.38. The largest absolute Gasteiger partial charge is 0.484 e. The summed E-state index contributed by atoms with van der Waals surface area (Å²) in [6.45, 7) is 3.93. The van der Waals surface area contributed by atoms with Gasteiger partial charge in [0, 0.05) is 12.6 Å². The summed E-state index contributed by atoms with van der Waals surface area (Å²) < 4.78 is 32.5. The van der Waals surface area contributed by atoms with E-state index in [1.165, 1.54) is 24.3 Å². The molecule has 0 fully saturated rings. The van der Waals surface area contributed by atoms with Crippen molar-refractivity contribution in [2.45, 2.75) is 31.2 Å². The van der Waals surface area contributed by atoms with E-state index in [1.54, 1.807) is 0 Å². The summed E-state index contributed by atoms with van der Waals surface area (Å²) in [5.41, 5.74) is 1.07. The van der Waals surface area contributed by atoms with Crippen LogP contribution in [0.15, 0.2) is 59.5 Å². The maximum Gasteiger partial charge on any atom is 0.258 e. The SMILES string of the molecule is CC(C)NC(=O)COc1ccc(S(=O)(=O)NCCc2ccccc2)cc1. The van der Waals surface area contributed by atoms with Gasteiger partial charge in [-0.3, -0.25) is 4.79 Å². The molecule has 2 rings (SSSR count). The van der Waals surface area contributed by atoms with E-state index >= 15 is 0 Å². The minimum atomic E-state index is -3.58. The molecule has 2 N–H and O–H groups in total. The highest BCUT2D eigenvalue weighted by Gasteiger charge is 2.13. The van der Waals surface area contributed by atoms with Crippen LogP contribution in [0.1, 0.15) is 19.4 Å². The first-order valence-electron chi connectivity index (χ1n) is 8.42. The molecule has 0 unspecified atom stereocenters. The van der Waals surface area contributed by atoms with Gasteiger partial charge in [0.15, 0.2) is 6.61 Å². The van der Waals surface area contributed by atoms with Gasteiger partial charge in [0.1, 0.15) is 5.75 Å². The Morgan fingerprint density at radius 3 is 2.31 bits per heavy atom. The first kappa shape index (κ1) is 19.9. The highest BCUT2D eigenvalue weighted by atomic mass is 32.2. The van der Waals surface area contributed by atoms with Crippen LogP contribution in [0.3, 0.4) is 0 Å². The van der Waals surface area contributed by atoms with Crippen molar-refractivity contribution in [3.63, 3.8) is 0 Å². The third-order valence-corrected chi connectivity index (χ3v) is 4.98. The molecule has 0 aliphatic heterocycles. The third-order valence-electron chi connectivity index (χ3n) is 3.50. The van der Waals surface area contributed by atoms with Crippen LogP contribution in [0.5, 0.6) is 5.75 Å². The second-order valence-corrected chi connectivity index (χ2v) is 7.88. The van der Waals surface area contributed by atoms with Crippen molar-refractivity contribution in [2.75, 3.05) is 13.2 Å². The van der Waals surface area contributed by atoms with Crippen molar-refractivity contribution in [2.24, 2.45) is 0 Å². The zero-order valence-corrected chi connectivity index (χ0v) is 15.8. The number of sulfonamides is 1. The summed E-state index contributed by atoms with van der Waals surface area (Å²) in [6, 6.07) is 15.7. The number of nitrogens with one attached hydrogen (secondary N) is 2. The summed E-state index contributed by atoms with van der Waals surface area (Å²) in [5.74, 6) is 0.214. The molecular formula is C19H24N2O4S. The summed E-state index contributed by atoms with van der Waals surface area (Å²) in [4.78, 5) is 11.7. The van der Waals surface area contributed by atoms with Gasteiger partial charge in [-0.2, -0.15) is 0 Å². The van der Waals surface area contributed by atoms with Gasteiger partial charge in [-0.25, -0.2) is 13.1 Å². The summed E-state index contributed by atoms with van der Waals surface area (Å²) >= 11 is 0. The number of amides is 1. The van der Waals surface area contributed by atoms with Gasteiger partial charge in [0.2, 0.25) is 10.0 Å². The molecule has 1 amide bonds. The van der Waals surface area contributed by atoms with Crippen LogP contribution in [0, 0.1) is 0 Å². The Bertz CT molecular complexity index is 803. The molecule has 0 bridgehead atoms. The van der Waals surface area contributed by atoms with Gasteiger partial charge in [-0.1, -0.05) is 30.3 Å². The fraction of sp³-hybridized carbons (Fsp3) is 0.316.